The molecule has 6 nitrogen and oxygen atoms in total. The molecule has 0 aliphatic carbocycles. The number of hydrogen-bond donors (Lipinski definition) is 2. The van der Waals surface area contributed by atoms with Gasteiger partial charge in [0.2, 0.25) is 10.0 Å². The van der Waals surface area contributed by atoms with Crippen LogP contribution in [0, 0.1) is 6.92 Å². The molecular formula is C14H23ClN2O4S2. The van der Waals surface area contributed by atoms with Crippen molar-refractivity contribution in [2.24, 2.45) is 0 Å². The minimum absolute atomic E-state index is 0. The number of benzene rings is 1. The Morgan fingerprint density at radius 3 is 2.43 bits per heavy atom. The number of sulfone groups is 1. The smallest absolute Gasteiger partial charge is 0.241 e. The van der Waals surface area contributed by atoms with E-state index in [0.29, 0.717) is 18.4 Å². The molecule has 1 aliphatic heterocycles. The van der Waals surface area contributed by atoms with E-state index in [1.54, 1.807) is 6.92 Å². The maximum atomic E-state index is 12.6. The predicted molar refractivity (Wildman–Crippen MR) is 92.3 cm³/mol. The molecule has 1 aliphatic rings. The van der Waals surface area contributed by atoms with Crippen LogP contribution in [-0.4, -0.2) is 41.7 Å². The standard InChI is InChI=1S/C14H22N2O4S2.ClH/c1-10-4-5-13(21(3,17)18)9-14(10)22(19,20)16-12-6-7-15-11(2)8-12;/h4-5,9,11-12,15-16H,6-8H2,1-3H3;1H. The SMILES string of the molecule is Cc1ccc(S(C)(=O)=O)cc1S(=O)(=O)NC1CCNC(C)C1.Cl. The molecule has 9 heteroatoms. The van der Waals surface area contributed by atoms with Gasteiger partial charge in [0.15, 0.2) is 9.84 Å². The molecule has 1 aromatic carbocycles. The fourth-order valence-corrected chi connectivity index (χ4v) is 4.90. The molecule has 2 rings (SSSR count). The Kier molecular flexibility index (Phi) is 6.63. The molecule has 2 atom stereocenters. The minimum atomic E-state index is -3.74. The Morgan fingerprint density at radius 1 is 1.22 bits per heavy atom. The van der Waals surface area contributed by atoms with Crippen LogP contribution in [0.5, 0.6) is 0 Å². The van der Waals surface area contributed by atoms with Gasteiger partial charge in [-0.15, -0.1) is 12.4 Å². The lowest BCUT2D eigenvalue weighted by molar-refractivity contribution is 0.361. The summed E-state index contributed by atoms with van der Waals surface area (Å²) in [5.41, 5.74) is 0.530. The van der Waals surface area contributed by atoms with Crippen molar-refractivity contribution in [3.8, 4) is 0 Å². The van der Waals surface area contributed by atoms with Crippen molar-refractivity contribution in [1.29, 1.82) is 0 Å². The highest BCUT2D eigenvalue weighted by molar-refractivity contribution is 7.91. The van der Waals surface area contributed by atoms with Gasteiger partial charge >= 0.3 is 0 Å². The number of nitrogens with one attached hydrogen (secondary N) is 2. The summed E-state index contributed by atoms with van der Waals surface area (Å²) in [6.45, 7) is 4.43. The first-order valence-corrected chi connectivity index (χ1v) is 10.5. The number of hydrogen-bond acceptors (Lipinski definition) is 5. The third kappa shape index (κ3) is 5.15. The fraction of sp³-hybridized carbons (Fsp3) is 0.571. The van der Waals surface area contributed by atoms with Crippen molar-refractivity contribution in [2.75, 3.05) is 12.8 Å². The Bertz CT molecular complexity index is 763. The van der Waals surface area contributed by atoms with Crippen LogP contribution in [0.1, 0.15) is 25.3 Å². The Morgan fingerprint density at radius 2 is 1.87 bits per heavy atom. The summed E-state index contributed by atoms with van der Waals surface area (Å²) < 4.78 is 51.1. The maximum absolute atomic E-state index is 12.6. The van der Waals surface area contributed by atoms with Crippen LogP contribution in [0.15, 0.2) is 28.0 Å². The Labute approximate surface area is 144 Å². The number of aryl methyl sites for hydroxylation is 1. The largest absolute Gasteiger partial charge is 0.314 e. The number of halogens is 1. The quantitative estimate of drug-likeness (QED) is 0.817. The number of rotatable bonds is 4. The zero-order chi connectivity index (χ0) is 16.5. The van der Waals surface area contributed by atoms with Crippen LogP contribution < -0.4 is 10.0 Å². The average molecular weight is 383 g/mol. The molecule has 2 unspecified atom stereocenters. The van der Waals surface area contributed by atoms with E-state index in [1.165, 1.54) is 18.2 Å². The van der Waals surface area contributed by atoms with E-state index in [2.05, 4.69) is 10.0 Å². The molecule has 0 aromatic heterocycles. The average Bonchev–Trinajstić information content (AvgIpc) is 2.36. The van der Waals surface area contributed by atoms with Gasteiger partial charge in [0, 0.05) is 18.3 Å². The second-order valence-electron chi connectivity index (χ2n) is 5.90. The zero-order valence-electron chi connectivity index (χ0n) is 13.4. The maximum Gasteiger partial charge on any atom is 0.241 e. The van der Waals surface area contributed by atoms with Crippen molar-refractivity contribution in [3.05, 3.63) is 23.8 Å². The Hall–Kier alpha value is -0.670. The first kappa shape index (κ1) is 20.4. The van der Waals surface area contributed by atoms with Crippen molar-refractivity contribution < 1.29 is 16.8 Å². The molecule has 0 saturated carbocycles. The van der Waals surface area contributed by atoms with E-state index in [1.807, 2.05) is 6.92 Å². The zero-order valence-corrected chi connectivity index (χ0v) is 15.8. The fourth-order valence-electron chi connectivity index (χ4n) is 2.62. The predicted octanol–water partition coefficient (Wildman–Crippen LogP) is 1.24. The topological polar surface area (TPSA) is 92.3 Å². The molecule has 0 radical (unpaired) electrons. The summed E-state index contributed by atoms with van der Waals surface area (Å²) in [6.07, 6.45) is 2.49. The molecule has 0 spiro atoms. The Balaban J connectivity index is 0.00000264. The van der Waals surface area contributed by atoms with Crippen LogP contribution in [-0.2, 0) is 19.9 Å². The molecule has 1 aromatic rings. The molecule has 23 heavy (non-hydrogen) atoms. The molecule has 0 bridgehead atoms. The van der Waals surface area contributed by atoms with Crippen molar-refractivity contribution in [3.63, 3.8) is 0 Å². The molecule has 1 fully saturated rings. The summed E-state index contributed by atoms with van der Waals surface area (Å²) in [6, 6.07) is 4.30. The number of sulfonamides is 1. The van der Waals surface area contributed by atoms with Crippen LogP contribution >= 0.6 is 12.4 Å². The van der Waals surface area contributed by atoms with Crippen molar-refractivity contribution in [1.82, 2.24) is 10.0 Å². The van der Waals surface area contributed by atoms with E-state index in [-0.39, 0.29) is 34.3 Å². The molecule has 1 heterocycles. The lowest BCUT2D eigenvalue weighted by Gasteiger charge is -2.28. The second-order valence-corrected chi connectivity index (χ2v) is 9.60. The summed E-state index contributed by atoms with van der Waals surface area (Å²) in [4.78, 5) is 0.0405. The molecule has 0 amide bonds. The number of piperidine rings is 1. The van der Waals surface area contributed by atoms with Gasteiger partial charge in [0.25, 0.3) is 0 Å². The second kappa shape index (κ2) is 7.48. The van der Waals surface area contributed by atoms with Gasteiger partial charge in [0.1, 0.15) is 0 Å². The monoisotopic (exact) mass is 382 g/mol. The van der Waals surface area contributed by atoms with E-state index in [0.717, 1.165) is 12.8 Å². The van der Waals surface area contributed by atoms with Crippen LogP contribution in [0.25, 0.3) is 0 Å². The van der Waals surface area contributed by atoms with Gasteiger partial charge in [-0.05, 0) is 50.9 Å². The van der Waals surface area contributed by atoms with Crippen LogP contribution in [0.2, 0.25) is 0 Å². The summed E-state index contributed by atoms with van der Waals surface area (Å²) in [5.74, 6) is 0. The van der Waals surface area contributed by atoms with Gasteiger partial charge in [-0.2, -0.15) is 0 Å². The normalized spacial score (nSPS) is 22.4. The summed E-state index contributed by atoms with van der Waals surface area (Å²) in [7, 11) is -7.19. The van der Waals surface area contributed by atoms with Crippen LogP contribution in [0.3, 0.4) is 0 Å². The lowest BCUT2D eigenvalue weighted by Crippen LogP contribution is -2.46. The highest BCUT2D eigenvalue weighted by atomic mass is 35.5. The van der Waals surface area contributed by atoms with Crippen molar-refractivity contribution >= 4 is 32.3 Å². The van der Waals surface area contributed by atoms with Gasteiger partial charge < -0.3 is 5.32 Å². The van der Waals surface area contributed by atoms with Gasteiger partial charge in [-0.3, -0.25) is 0 Å². The summed E-state index contributed by atoms with van der Waals surface area (Å²) >= 11 is 0. The molecule has 132 valence electrons. The minimum Gasteiger partial charge on any atom is -0.314 e. The first-order chi connectivity index (χ1) is 10.1. The van der Waals surface area contributed by atoms with Crippen molar-refractivity contribution in [2.45, 2.75) is 48.6 Å². The van der Waals surface area contributed by atoms with Gasteiger partial charge in [0.05, 0.1) is 9.79 Å². The van der Waals surface area contributed by atoms with E-state index >= 15 is 0 Å². The van der Waals surface area contributed by atoms with E-state index in [9.17, 15) is 16.8 Å². The van der Waals surface area contributed by atoms with E-state index in [4.69, 9.17) is 0 Å². The van der Waals surface area contributed by atoms with E-state index < -0.39 is 19.9 Å². The third-order valence-electron chi connectivity index (χ3n) is 3.82. The molecule has 1 saturated heterocycles. The van der Waals surface area contributed by atoms with Gasteiger partial charge in [-0.25, -0.2) is 21.6 Å². The third-order valence-corrected chi connectivity index (χ3v) is 6.60. The highest BCUT2D eigenvalue weighted by Crippen LogP contribution is 2.21. The van der Waals surface area contributed by atoms with Crippen LogP contribution in [0.4, 0.5) is 0 Å². The molecule has 2 N–H and O–H groups in total. The molecular weight excluding hydrogens is 360 g/mol. The van der Waals surface area contributed by atoms with Gasteiger partial charge in [-0.1, -0.05) is 6.07 Å². The lowest BCUT2D eigenvalue weighted by atomic mass is 10.0. The highest BCUT2D eigenvalue weighted by Gasteiger charge is 2.26. The summed E-state index contributed by atoms with van der Waals surface area (Å²) in [5, 5.41) is 3.26. The first-order valence-electron chi connectivity index (χ1n) is 7.16.